The fourth-order valence-electron chi connectivity index (χ4n) is 4.94. The number of rotatable bonds is 10. The summed E-state index contributed by atoms with van der Waals surface area (Å²) in [5.74, 6) is 1.46. The first-order chi connectivity index (χ1) is 18.6. The van der Waals surface area contributed by atoms with Gasteiger partial charge in [0.2, 0.25) is 5.91 Å². The molecule has 6 nitrogen and oxygen atoms in total. The van der Waals surface area contributed by atoms with Gasteiger partial charge in [0, 0.05) is 29.3 Å². The molecule has 0 unspecified atom stereocenters. The second-order valence-electron chi connectivity index (χ2n) is 9.56. The maximum Gasteiger partial charge on any atom is 0.220 e. The first-order valence-corrected chi connectivity index (χ1v) is 13.0. The number of carbonyl (C=O) groups is 1. The molecule has 194 valence electrons. The van der Waals surface area contributed by atoms with E-state index in [9.17, 15) is 4.79 Å². The number of aromatic amines is 1. The average molecular weight is 508 g/mol. The number of hydrogen-bond acceptors (Lipinski definition) is 4. The molecular formula is C32H33N3O3. The van der Waals surface area contributed by atoms with Crippen LogP contribution in [0.2, 0.25) is 0 Å². The highest BCUT2D eigenvalue weighted by Gasteiger charge is 2.15. The van der Waals surface area contributed by atoms with Gasteiger partial charge in [-0.05, 0) is 73.7 Å². The van der Waals surface area contributed by atoms with Crippen molar-refractivity contribution in [1.82, 2.24) is 15.3 Å². The topological polar surface area (TPSA) is 76.2 Å². The molecule has 1 amide bonds. The lowest BCUT2D eigenvalue weighted by Crippen LogP contribution is -2.25. The third-order valence-electron chi connectivity index (χ3n) is 6.93. The number of nitrogens with zero attached hydrogens (tertiary/aromatic N) is 1. The number of benzene rings is 3. The van der Waals surface area contributed by atoms with Crippen LogP contribution in [0.25, 0.3) is 33.2 Å². The second-order valence-corrected chi connectivity index (χ2v) is 9.56. The lowest BCUT2D eigenvalue weighted by molar-refractivity contribution is -0.121. The molecule has 0 aliphatic rings. The number of pyridine rings is 1. The van der Waals surface area contributed by atoms with Crippen LogP contribution in [0.5, 0.6) is 11.5 Å². The van der Waals surface area contributed by atoms with E-state index in [1.54, 1.807) is 14.2 Å². The number of ether oxygens (including phenoxy) is 2. The lowest BCUT2D eigenvalue weighted by atomic mass is 10.0. The standard InChI is InChI=1S/C32H33N3O3/c1-21-11-14-27-25(19-21)24(32(35-27)28-15-13-23-7-4-5-9-26(23)34-28)8-6-10-31(36)33-18-17-22-12-16-29(37-2)30(20-22)38-3/h4-5,7,9,11-16,19-20,35H,6,8,10,17-18H2,1-3H3,(H,33,36). The first kappa shape index (κ1) is 25.3. The van der Waals surface area contributed by atoms with E-state index in [0.717, 1.165) is 52.6 Å². The van der Waals surface area contributed by atoms with Crippen LogP contribution in [0.15, 0.2) is 72.8 Å². The number of para-hydroxylation sites is 1. The zero-order valence-corrected chi connectivity index (χ0v) is 22.1. The van der Waals surface area contributed by atoms with Crippen molar-refractivity contribution < 1.29 is 14.3 Å². The van der Waals surface area contributed by atoms with Crippen LogP contribution in [-0.4, -0.2) is 36.6 Å². The Morgan fingerprint density at radius 3 is 2.61 bits per heavy atom. The minimum Gasteiger partial charge on any atom is -0.493 e. The summed E-state index contributed by atoms with van der Waals surface area (Å²) in [5.41, 5.74) is 7.53. The van der Waals surface area contributed by atoms with E-state index in [1.807, 2.05) is 36.4 Å². The van der Waals surface area contributed by atoms with Gasteiger partial charge < -0.3 is 19.8 Å². The summed E-state index contributed by atoms with van der Waals surface area (Å²) in [6.45, 7) is 2.68. The van der Waals surface area contributed by atoms with Crippen LogP contribution in [0, 0.1) is 6.92 Å². The molecule has 0 aliphatic carbocycles. The molecule has 0 radical (unpaired) electrons. The Morgan fingerprint density at radius 2 is 1.76 bits per heavy atom. The van der Waals surface area contributed by atoms with E-state index < -0.39 is 0 Å². The number of amides is 1. The van der Waals surface area contributed by atoms with Gasteiger partial charge in [0.15, 0.2) is 11.5 Å². The number of nitrogens with one attached hydrogen (secondary N) is 2. The normalized spacial score (nSPS) is 11.1. The van der Waals surface area contributed by atoms with Crippen molar-refractivity contribution in [2.45, 2.75) is 32.6 Å². The fraction of sp³-hybridized carbons (Fsp3) is 0.250. The van der Waals surface area contributed by atoms with Gasteiger partial charge >= 0.3 is 0 Å². The number of aryl methyl sites for hydroxylation is 2. The van der Waals surface area contributed by atoms with Gasteiger partial charge in [-0.25, -0.2) is 4.98 Å². The summed E-state index contributed by atoms with van der Waals surface area (Å²) in [5, 5.41) is 5.38. The molecule has 0 fully saturated rings. The number of methoxy groups -OCH3 is 2. The third-order valence-corrected chi connectivity index (χ3v) is 6.93. The maximum absolute atomic E-state index is 12.6. The van der Waals surface area contributed by atoms with E-state index >= 15 is 0 Å². The molecule has 3 aromatic carbocycles. The van der Waals surface area contributed by atoms with Crippen molar-refractivity contribution in [1.29, 1.82) is 0 Å². The molecule has 0 saturated heterocycles. The van der Waals surface area contributed by atoms with Gasteiger partial charge in [0.25, 0.3) is 0 Å². The molecule has 6 heteroatoms. The molecule has 2 heterocycles. The highest BCUT2D eigenvalue weighted by Crippen LogP contribution is 2.32. The monoisotopic (exact) mass is 507 g/mol. The highest BCUT2D eigenvalue weighted by atomic mass is 16.5. The molecule has 0 bridgehead atoms. The van der Waals surface area contributed by atoms with Crippen LogP contribution in [0.3, 0.4) is 0 Å². The lowest BCUT2D eigenvalue weighted by Gasteiger charge is -2.10. The van der Waals surface area contributed by atoms with E-state index in [0.29, 0.717) is 24.5 Å². The molecule has 2 aromatic heterocycles. The smallest absolute Gasteiger partial charge is 0.220 e. The van der Waals surface area contributed by atoms with E-state index in [1.165, 1.54) is 16.5 Å². The van der Waals surface area contributed by atoms with Crippen molar-refractivity contribution in [3.8, 4) is 22.9 Å². The number of carbonyl (C=O) groups excluding carboxylic acids is 1. The van der Waals surface area contributed by atoms with Gasteiger partial charge in [-0.1, -0.05) is 42.0 Å². The van der Waals surface area contributed by atoms with Crippen molar-refractivity contribution in [3.63, 3.8) is 0 Å². The van der Waals surface area contributed by atoms with Crippen molar-refractivity contribution in [3.05, 3.63) is 89.5 Å². The van der Waals surface area contributed by atoms with E-state index in [2.05, 4.69) is 53.6 Å². The van der Waals surface area contributed by atoms with Crippen LogP contribution < -0.4 is 14.8 Å². The van der Waals surface area contributed by atoms with Crippen LogP contribution in [0.4, 0.5) is 0 Å². The molecule has 5 aromatic rings. The van der Waals surface area contributed by atoms with Crippen molar-refractivity contribution in [2.75, 3.05) is 20.8 Å². The van der Waals surface area contributed by atoms with Gasteiger partial charge in [0.05, 0.1) is 31.1 Å². The van der Waals surface area contributed by atoms with E-state index in [4.69, 9.17) is 14.5 Å². The summed E-state index contributed by atoms with van der Waals surface area (Å²) in [6.07, 6.45) is 2.74. The summed E-state index contributed by atoms with van der Waals surface area (Å²) in [4.78, 5) is 21.2. The van der Waals surface area contributed by atoms with Crippen LogP contribution >= 0.6 is 0 Å². The largest absolute Gasteiger partial charge is 0.493 e. The Bertz CT molecular complexity index is 1590. The molecule has 5 rings (SSSR count). The number of fused-ring (bicyclic) bond motifs is 2. The van der Waals surface area contributed by atoms with Crippen LogP contribution in [0.1, 0.15) is 29.5 Å². The maximum atomic E-state index is 12.6. The van der Waals surface area contributed by atoms with E-state index in [-0.39, 0.29) is 5.91 Å². The number of aromatic nitrogens is 2. The van der Waals surface area contributed by atoms with Gasteiger partial charge in [-0.3, -0.25) is 4.79 Å². The zero-order chi connectivity index (χ0) is 26.5. The summed E-state index contributed by atoms with van der Waals surface area (Å²) in [7, 11) is 3.25. The molecule has 0 aliphatic heterocycles. The predicted molar refractivity (Wildman–Crippen MR) is 153 cm³/mol. The fourth-order valence-corrected chi connectivity index (χ4v) is 4.94. The molecule has 38 heavy (non-hydrogen) atoms. The minimum atomic E-state index is 0.0619. The van der Waals surface area contributed by atoms with Gasteiger partial charge in [-0.15, -0.1) is 0 Å². The Kier molecular flexibility index (Phi) is 7.59. The van der Waals surface area contributed by atoms with Crippen molar-refractivity contribution >= 4 is 27.7 Å². The molecule has 0 atom stereocenters. The Balaban J connectivity index is 1.25. The molecular weight excluding hydrogens is 474 g/mol. The van der Waals surface area contributed by atoms with Crippen LogP contribution in [-0.2, 0) is 17.6 Å². The average Bonchev–Trinajstić information content (AvgIpc) is 3.30. The summed E-state index contributed by atoms with van der Waals surface area (Å²) < 4.78 is 10.7. The Morgan fingerprint density at radius 1 is 0.921 bits per heavy atom. The molecule has 0 spiro atoms. The molecule has 0 saturated carbocycles. The SMILES string of the molecule is COc1ccc(CCNC(=O)CCCc2c(-c3ccc4ccccc4n3)[nH]c3ccc(C)cc23)cc1OC. The van der Waals surface area contributed by atoms with Gasteiger partial charge in [-0.2, -0.15) is 0 Å². The minimum absolute atomic E-state index is 0.0619. The Labute approximate surface area is 223 Å². The second kappa shape index (κ2) is 11.4. The molecule has 2 N–H and O–H groups in total. The quantitative estimate of drug-likeness (QED) is 0.230. The third kappa shape index (κ3) is 5.49. The predicted octanol–water partition coefficient (Wildman–Crippen LogP) is 6.39. The zero-order valence-electron chi connectivity index (χ0n) is 22.1. The number of H-pyrrole nitrogens is 1. The van der Waals surface area contributed by atoms with Crippen molar-refractivity contribution in [2.24, 2.45) is 0 Å². The van der Waals surface area contributed by atoms with Gasteiger partial charge in [0.1, 0.15) is 0 Å². The summed E-state index contributed by atoms with van der Waals surface area (Å²) >= 11 is 0. The number of hydrogen-bond donors (Lipinski definition) is 2. The summed E-state index contributed by atoms with van der Waals surface area (Å²) in [6, 6.07) is 24.6. The first-order valence-electron chi connectivity index (χ1n) is 13.0. The highest BCUT2D eigenvalue weighted by molar-refractivity contribution is 5.92. The Hall–Kier alpha value is -4.32.